The van der Waals surface area contributed by atoms with Gasteiger partial charge in [-0.3, -0.25) is 4.90 Å². The number of amidine groups is 1. The number of nitrogens with zero attached hydrogens (tertiary/aromatic N) is 4. The molecule has 1 aliphatic heterocycles. The Bertz CT molecular complexity index is 510. The lowest BCUT2D eigenvalue weighted by molar-refractivity contribution is 0.208. The van der Waals surface area contributed by atoms with Crippen molar-refractivity contribution in [2.24, 2.45) is 4.99 Å². The van der Waals surface area contributed by atoms with Gasteiger partial charge in [-0.1, -0.05) is 18.2 Å². The molecule has 0 saturated heterocycles. The summed E-state index contributed by atoms with van der Waals surface area (Å²) in [5, 5.41) is 0. The molecule has 5 heteroatoms. The van der Waals surface area contributed by atoms with E-state index in [1.165, 1.54) is 5.69 Å². The van der Waals surface area contributed by atoms with Crippen LogP contribution in [0.15, 0.2) is 47.2 Å². The number of rotatable bonds is 4. The maximum atomic E-state index is 4.75. The van der Waals surface area contributed by atoms with Crippen LogP contribution >= 0.6 is 12.4 Å². The van der Waals surface area contributed by atoms with Gasteiger partial charge in [-0.25, -0.2) is 4.99 Å². The van der Waals surface area contributed by atoms with E-state index in [2.05, 4.69) is 80.0 Å². The number of hydrogen-bond donors (Lipinski definition) is 0. The van der Waals surface area contributed by atoms with Gasteiger partial charge in [-0.15, -0.1) is 12.4 Å². The summed E-state index contributed by atoms with van der Waals surface area (Å²) < 4.78 is 0. The van der Waals surface area contributed by atoms with E-state index in [0.717, 1.165) is 18.2 Å². The Kier molecular flexibility index (Phi) is 6.24. The minimum atomic E-state index is 0. The largest absolute Gasteiger partial charge is 0.344 e. The third-order valence-corrected chi connectivity index (χ3v) is 3.67. The van der Waals surface area contributed by atoms with Crippen LogP contribution in [-0.4, -0.2) is 49.5 Å². The number of para-hydroxylation sites is 1. The lowest BCUT2D eigenvalue weighted by atomic mass is 10.2. The zero-order chi connectivity index (χ0) is 14.7. The highest BCUT2D eigenvalue weighted by Crippen LogP contribution is 2.23. The average molecular weight is 309 g/mol. The summed E-state index contributed by atoms with van der Waals surface area (Å²) in [6.07, 6.45) is 2.45. The molecule has 0 N–H and O–H groups in total. The second-order valence-corrected chi connectivity index (χ2v) is 5.25. The fraction of sp³-hybridized carbons (Fsp3) is 0.438. The van der Waals surface area contributed by atoms with Gasteiger partial charge >= 0.3 is 0 Å². The normalized spacial score (nSPS) is 18.0. The number of hydrogen-bond acceptors (Lipinski definition) is 4. The van der Waals surface area contributed by atoms with Crippen molar-refractivity contribution in [1.29, 1.82) is 0 Å². The van der Waals surface area contributed by atoms with Gasteiger partial charge in [0.05, 0.1) is 0 Å². The Morgan fingerprint density at radius 3 is 2.33 bits per heavy atom. The molecular formula is C16H25ClN4. The predicted octanol–water partition coefficient (Wildman–Crippen LogP) is 3.03. The summed E-state index contributed by atoms with van der Waals surface area (Å²) in [5.41, 5.74) is 1.18. The Morgan fingerprint density at radius 2 is 1.81 bits per heavy atom. The zero-order valence-electron chi connectivity index (χ0n) is 13.4. The van der Waals surface area contributed by atoms with Gasteiger partial charge < -0.3 is 9.80 Å². The van der Waals surface area contributed by atoms with Crippen molar-refractivity contribution in [2.75, 3.05) is 32.6 Å². The first kappa shape index (κ1) is 17.5. The second-order valence-electron chi connectivity index (χ2n) is 5.25. The molecule has 116 valence electrons. The average Bonchev–Trinajstić information content (AvgIpc) is 2.44. The summed E-state index contributed by atoms with van der Waals surface area (Å²) in [5.74, 6) is 2.06. The lowest BCUT2D eigenvalue weighted by Gasteiger charge is -2.37. The van der Waals surface area contributed by atoms with Crippen LogP contribution in [0.25, 0.3) is 0 Å². The summed E-state index contributed by atoms with van der Waals surface area (Å²) in [6, 6.07) is 10.4. The molecule has 0 fully saturated rings. The number of halogens is 1. The van der Waals surface area contributed by atoms with Crippen LogP contribution in [0.1, 0.15) is 13.8 Å². The topological polar surface area (TPSA) is 22.1 Å². The van der Waals surface area contributed by atoms with Crippen LogP contribution < -0.4 is 4.90 Å². The molecule has 21 heavy (non-hydrogen) atoms. The first-order chi connectivity index (χ1) is 9.54. The van der Waals surface area contributed by atoms with Crippen molar-refractivity contribution in [1.82, 2.24) is 9.80 Å². The Labute approximate surface area is 134 Å². The highest BCUT2D eigenvalue weighted by Gasteiger charge is 2.23. The molecule has 2 rings (SSSR count). The van der Waals surface area contributed by atoms with E-state index in [-0.39, 0.29) is 18.6 Å². The molecule has 1 unspecified atom stereocenters. The van der Waals surface area contributed by atoms with Crippen molar-refractivity contribution in [3.63, 3.8) is 0 Å². The molecular weight excluding hydrogens is 284 g/mol. The predicted molar refractivity (Wildman–Crippen MR) is 93.1 cm³/mol. The van der Waals surface area contributed by atoms with Crippen molar-refractivity contribution < 1.29 is 0 Å². The van der Waals surface area contributed by atoms with Gasteiger partial charge in [0.15, 0.2) is 0 Å². The summed E-state index contributed by atoms with van der Waals surface area (Å²) in [7, 11) is 6.26. The molecule has 0 bridgehead atoms. The third kappa shape index (κ3) is 3.77. The monoisotopic (exact) mass is 308 g/mol. The van der Waals surface area contributed by atoms with E-state index in [1.807, 2.05) is 6.07 Å². The fourth-order valence-corrected chi connectivity index (χ4v) is 2.45. The van der Waals surface area contributed by atoms with Gasteiger partial charge in [-0.2, -0.15) is 0 Å². The van der Waals surface area contributed by atoms with E-state index < -0.39 is 0 Å². The third-order valence-electron chi connectivity index (χ3n) is 3.67. The fourth-order valence-electron chi connectivity index (χ4n) is 2.45. The molecule has 1 aromatic carbocycles. The molecule has 1 aromatic rings. The molecule has 0 spiro atoms. The van der Waals surface area contributed by atoms with Crippen LogP contribution in [0, 0.1) is 0 Å². The van der Waals surface area contributed by atoms with Crippen LogP contribution in [0.5, 0.6) is 0 Å². The van der Waals surface area contributed by atoms with Crippen molar-refractivity contribution in [3.8, 4) is 0 Å². The van der Waals surface area contributed by atoms with Gasteiger partial charge in [-0.05, 0) is 46.2 Å². The number of aliphatic imine (C=N–C) groups is 1. The highest BCUT2D eigenvalue weighted by atomic mass is 35.5. The summed E-state index contributed by atoms with van der Waals surface area (Å²) in [4.78, 5) is 11.4. The molecule has 1 aliphatic rings. The van der Waals surface area contributed by atoms with Crippen molar-refractivity contribution in [2.45, 2.75) is 20.0 Å². The van der Waals surface area contributed by atoms with E-state index in [4.69, 9.17) is 4.99 Å². The van der Waals surface area contributed by atoms with Gasteiger partial charge in [0, 0.05) is 19.3 Å². The first-order valence-corrected chi connectivity index (χ1v) is 7.03. The maximum absolute atomic E-state index is 4.75. The first-order valence-electron chi connectivity index (χ1n) is 7.03. The van der Waals surface area contributed by atoms with Gasteiger partial charge in [0.25, 0.3) is 0 Å². The van der Waals surface area contributed by atoms with Gasteiger partial charge in [0.1, 0.15) is 17.8 Å². The summed E-state index contributed by atoms with van der Waals surface area (Å²) in [6.45, 7) is 5.11. The Hall–Kier alpha value is -1.52. The maximum Gasteiger partial charge on any atom is 0.134 e. The van der Waals surface area contributed by atoms with Crippen molar-refractivity contribution >= 4 is 23.9 Å². The molecule has 0 aliphatic carbocycles. The van der Waals surface area contributed by atoms with E-state index in [0.29, 0.717) is 0 Å². The van der Waals surface area contributed by atoms with Crippen LogP contribution in [0.2, 0.25) is 0 Å². The van der Waals surface area contributed by atoms with E-state index in [9.17, 15) is 0 Å². The number of anilines is 1. The molecule has 0 radical (unpaired) electrons. The molecule has 0 saturated carbocycles. The minimum Gasteiger partial charge on any atom is -0.344 e. The number of likely N-dealkylation sites (N-methyl/N-ethyl adjacent to an activating group) is 2. The second kappa shape index (κ2) is 7.48. The molecule has 1 heterocycles. The Morgan fingerprint density at radius 1 is 1.19 bits per heavy atom. The highest BCUT2D eigenvalue weighted by molar-refractivity contribution is 5.85. The van der Waals surface area contributed by atoms with E-state index in [1.54, 1.807) is 0 Å². The molecule has 0 amide bonds. The summed E-state index contributed by atoms with van der Waals surface area (Å²) >= 11 is 0. The zero-order valence-corrected chi connectivity index (χ0v) is 14.3. The lowest BCUT2D eigenvalue weighted by Crippen LogP contribution is -2.47. The molecule has 4 nitrogen and oxygen atoms in total. The standard InChI is InChI=1S/C16H24N4.ClH/c1-6-20(14-10-8-7-9-11-14)15-12-16(18(3)4)19(5)13(2)17-15;/h7-12,16H,6H2,1-5H3;1H. The van der Waals surface area contributed by atoms with Crippen molar-refractivity contribution in [3.05, 3.63) is 42.2 Å². The van der Waals surface area contributed by atoms with Crippen LogP contribution in [0.4, 0.5) is 5.69 Å². The van der Waals surface area contributed by atoms with Crippen LogP contribution in [0.3, 0.4) is 0 Å². The minimum absolute atomic E-state index is 0. The quantitative estimate of drug-likeness (QED) is 0.853. The molecule has 0 aromatic heterocycles. The van der Waals surface area contributed by atoms with Crippen LogP contribution in [-0.2, 0) is 0 Å². The SMILES string of the molecule is CCN(C1=CC(N(C)C)N(C)C(C)=N1)c1ccccc1.Cl. The molecule has 1 atom stereocenters. The number of benzene rings is 1. The van der Waals surface area contributed by atoms with Gasteiger partial charge in [0.2, 0.25) is 0 Å². The van der Waals surface area contributed by atoms with E-state index >= 15 is 0 Å². The Balaban J connectivity index is 0.00000220. The smallest absolute Gasteiger partial charge is 0.134 e.